The summed E-state index contributed by atoms with van der Waals surface area (Å²) in [7, 11) is 0. The molecular weight excluding hydrogens is 344 g/mol. The third kappa shape index (κ3) is 4.05. The van der Waals surface area contributed by atoms with Gasteiger partial charge in [-0.25, -0.2) is 9.97 Å². The van der Waals surface area contributed by atoms with Crippen LogP contribution >= 0.6 is 0 Å². The smallest absolute Gasteiger partial charge is 0.226 e. The molecule has 1 aliphatic carbocycles. The molecule has 1 saturated carbocycles. The van der Waals surface area contributed by atoms with Gasteiger partial charge in [-0.15, -0.1) is 0 Å². The molecule has 2 atom stereocenters. The van der Waals surface area contributed by atoms with E-state index in [-0.39, 0.29) is 23.7 Å². The average molecular weight is 366 g/mol. The highest BCUT2D eigenvalue weighted by atomic mass is 16.2. The number of carbonyl (C=O) groups excluding carboxylic acids is 2. The van der Waals surface area contributed by atoms with Crippen molar-refractivity contribution < 1.29 is 9.59 Å². The molecule has 140 valence electrons. The van der Waals surface area contributed by atoms with Crippen LogP contribution in [0.2, 0.25) is 0 Å². The molecule has 0 aromatic carbocycles. The third-order valence-corrected chi connectivity index (χ3v) is 5.09. The van der Waals surface area contributed by atoms with Crippen LogP contribution in [0.1, 0.15) is 12.0 Å². The fourth-order valence-corrected chi connectivity index (χ4v) is 3.39. The minimum absolute atomic E-state index is 0.0403. The van der Waals surface area contributed by atoms with E-state index in [1.54, 1.807) is 30.9 Å². The van der Waals surface area contributed by atoms with E-state index in [0.29, 0.717) is 45.1 Å². The van der Waals surface area contributed by atoms with E-state index in [9.17, 15) is 9.59 Å². The SMILES string of the molecule is O=C(NCc1ccncc1)C1CC1C(=O)N1CCN(c2ncccn2)CC1. The summed E-state index contributed by atoms with van der Waals surface area (Å²) in [6.07, 6.45) is 7.48. The maximum atomic E-state index is 12.7. The molecule has 2 unspecified atom stereocenters. The van der Waals surface area contributed by atoms with Crippen molar-refractivity contribution >= 4 is 17.8 Å². The van der Waals surface area contributed by atoms with Gasteiger partial charge in [0, 0.05) is 57.5 Å². The lowest BCUT2D eigenvalue weighted by Crippen LogP contribution is -2.50. The Labute approximate surface area is 157 Å². The van der Waals surface area contributed by atoms with Crippen LogP contribution in [0.4, 0.5) is 5.95 Å². The molecule has 2 aliphatic rings. The quantitative estimate of drug-likeness (QED) is 0.827. The second-order valence-corrected chi connectivity index (χ2v) is 6.88. The molecule has 0 spiro atoms. The summed E-state index contributed by atoms with van der Waals surface area (Å²) < 4.78 is 0. The Hall–Kier alpha value is -3.03. The number of anilines is 1. The Morgan fingerprint density at radius 3 is 2.41 bits per heavy atom. The van der Waals surface area contributed by atoms with Gasteiger partial charge in [-0.1, -0.05) is 0 Å². The summed E-state index contributed by atoms with van der Waals surface area (Å²) in [6, 6.07) is 5.52. The molecule has 1 N–H and O–H groups in total. The van der Waals surface area contributed by atoms with Crippen molar-refractivity contribution in [2.24, 2.45) is 11.8 Å². The van der Waals surface area contributed by atoms with Gasteiger partial charge in [-0.3, -0.25) is 14.6 Å². The Morgan fingerprint density at radius 1 is 1.00 bits per heavy atom. The first-order valence-electron chi connectivity index (χ1n) is 9.20. The minimum Gasteiger partial charge on any atom is -0.352 e. The molecule has 2 amide bonds. The highest BCUT2D eigenvalue weighted by Gasteiger charge is 2.49. The van der Waals surface area contributed by atoms with Crippen LogP contribution in [0.15, 0.2) is 43.0 Å². The van der Waals surface area contributed by atoms with E-state index in [1.165, 1.54) is 0 Å². The summed E-state index contributed by atoms with van der Waals surface area (Å²) in [4.78, 5) is 41.4. The molecule has 8 nitrogen and oxygen atoms in total. The molecule has 4 rings (SSSR count). The van der Waals surface area contributed by atoms with Crippen LogP contribution in [-0.4, -0.2) is 57.8 Å². The lowest BCUT2D eigenvalue weighted by atomic mass is 10.2. The number of aromatic nitrogens is 3. The number of piperazine rings is 1. The summed E-state index contributed by atoms with van der Waals surface area (Å²) >= 11 is 0. The van der Waals surface area contributed by atoms with E-state index in [4.69, 9.17) is 0 Å². The summed E-state index contributed by atoms with van der Waals surface area (Å²) in [5, 5.41) is 2.92. The average Bonchev–Trinajstić information content (AvgIpc) is 3.54. The first kappa shape index (κ1) is 17.4. The molecule has 2 aromatic heterocycles. The zero-order chi connectivity index (χ0) is 18.6. The van der Waals surface area contributed by atoms with Crippen molar-refractivity contribution in [3.63, 3.8) is 0 Å². The van der Waals surface area contributed by atoms with Crippen LogP contribution in [-0.2, 0) is 16.1 Å². The van der Waals surface area contributed by atoms with Crippen LogP contribution in [0, 0.1) is 11.8 Å². The highest BCUT2D eigenvalue weighted by molar-refractivity contribution is 5.92. The van der Waals surface area contributed by atoms with Crippen molar-refractivity contribution in [3.05, 3.63) is 48.5 Å². The van der Waals surface area contributed by atoms with Crippen molar-refractivity contribution in [1.82, 2.24) is 25.2 Å². The standard InChI is InChI=1S/C19H22N6O2/c26-17(23-13-14-2-6-20-7-3-14)15-12-16(15)18(27)24-8-10-25(11-9-24)19-21-4-1-5-22-19/h1-7,15-16H,8-13H2,(H,23,26). The van der Waals surface area contributed by atoms with E-state index in [0.717, 1.165) is 5.56 Å². The Morgan fingerprint density at radius 2 is 1.70 bits per heavy atom. The third-order valence-electron chi connectivity index (χ3n) is 5.09. The normalized spacial score (nSPS) is 21.6. The predicted octanol–water partition coefficient (Wildman–Crippen LogP) is 0.473. The lowest BCUT2D eigenvalue weighted by molar-refractivity contribution is -0.135. The Kier molecular flexibility index (Phi) is 4.95. The molecule has 2 aromatic rings. The first-order valence-corrected chi connectivity index (χ1v) is 9.20. The van der Waals surface area contributed by atoms with Crippen molar-refractivity contribution in [3.8, 4) is 0 Å². The van der Waals surface area contributed by atoms with E-state index < -0.39 is 0 Å². The molecule has 27 heavy (non-hydrogen) atoms. The second-order valence-electron chi connectivity index (χ2n) is 6.88. The fraction of sp³-hybridized carbons (Fsp3) is 0.421. The zero-order valence-corrected chi connectivity index (χ0v) is 15.0. The predicted molar refractivity (Wildman–Crippen MR) is 98.5 cm³/mol. The number of nitrogens with zero attached hydrogens (tertiary/aromatic N) is 5. The topological polar surface area (TPSA) is 91.3 Å². The number of rotatable bonds is 5. The summed E-state index contributed by atoms with van der Waals surface area (Å²) in [5.74, 6) is 0.371. The van der Waals surface area contributed by atoms with Gasteiger partial charge in [0.25, 0.3) is 0 Å². The number of nitrogens with one attached hydrogen (secondary N) is 1. The zero-order valence-electron chi connectivity index (χ0n) is 15.0. The lowest BCUT2D eigenvalue weighted by Gasteiger charge is -2.34. The van der Waals surface area contributed by atoms with Gasteiger partial charge in [0.15, 0.2) is 0 Å². The first-order chi connectivity index (χ1) is 13.2. The Balaban J connectivity index is 1.24. The van der Waals surface area contributed by atoms with Crippen LogP contribution in [0.5, 0.6) is 0 Å². The van der Waals surface area contributed by atoms with Crippen molar-refractivity contribution in [2.45, 2.75) is 13.0 Å². The maximum absolute atomic E-state index is 12.7. The molecule has 3 heterocycles. The number of hydrogen-bond donors (Lipinski definition) is 1. The highest BCUT2D eigenvalue weighted by Crippen LogP contribution is 2.40. The number of hydrogen-bond acceptors (Lipinski definition) is 6. The molecule has 0 radical (unpaired) electrons. The number of carbonyl (C=O) groups is 2. The van der Waals surface area contributed by atoms with Gasteiger partial charge < -0.3 is 15.1 Å². The van der Waals surface area contributed by atoms with Gasteiger partial charge in [-0.2, -0.15) is 0 Å². The van der Waals surface area contributed by atoms with E-state index in [2.05, 4.69) is 25.2 Å². The van der Waals surface area contributed by atoms with Crippen LogP contribution in [0.3, 0.4) is 0 Å². The van der Waals surface area contributed by atoms with Crippen molar-refractivity contribution in [1.29, 1.82) is 0 Å². The van der Waals surface area contributed by atoms with Gasteiger partial charge in [0.2, 0.25) is 17.8 Å². The number of pyridine rings is 1. The van der Waals surface area contributed by atoms with Crippen LogP contribution in [0.25, 0.3) is 0 Å². The minimum atomic E-state index is -0.199. The van der Waals surface area contributed by atoms with Crippen molar-refractivity contribution in [2.75, 3.05) is 31.1 Å². The summed E-state index contributed by atoms with van der Waals surface area (Å²) in [6.45, 7) is 3.16. The number of amides is 2. The summed E-state index contributed by atoms with van der Waals surface area (Å²) in [5.41, 5.74) is 1.00. The van der Waals surface area contributed by atoms with Gasteiger partial charge in [0.1, 0.15) is 0 Å². The molecule has 2 fully saturated rings. The molecule has 1 saturated heterocycles. The van der Waals surface area contributed by atoms with E-state index >= 15 is 0 Å². The maximum Gasteiger partial charge on any atom is 0.226 e. The van der Waals surface area contributed by atoms with E-state index in [1.807, 2.05) is 17.0 Å². The molecule has 8 heteroatoms. The monoisotopic (exact) mass is 366 g/mol. The van der Waals surface area contributed by atoms with Crippen LogP contribution < -0.4 is 10.2 Å². The largest absolute Gasteiger partial charge is 0.352 e. The van der Waals surface area contributed by atoms with Gasteiger partial charge >= 0.3 is 0 Å². The fourth-order valence-electron chi connectivity index (χ4n) is 3.39. The molecular formula is C19H22N6O2. The molecule has 0 bridgehead atoms. The Bertz CT molecular complexity index is 792. The van der Waals surface area contributed by atoms with Gasteiger partial charge in [-0.05, 0) is 30.2 Å². The second kappa shape index (κ2) is 7.69. The molecule has 1 aliphatic heterocycles. The van der Waals surface area contributed by atoms with Gasteiger partial charge in [0.05, 0.1) is 11.8 Å².